The molecule has 0 bridgehead atoms. The van der Waals surface area contributed by atoms with Gasteiger partial charge in [0.05, 0.1) is 7.11 Å². The summed E-state index contributed by atoms with van der Waals surface area (Å²) >= 11 is 0. The molecule has 0 fully saturated rings. The third kappa shape index (κ3) is 2.20. The summed E-state index contributed by atoms with van der Waals surface area (Å²) < 4.78 is 29.3. The lowest BCUT2D eigenvalue weighted by Gasteiger charge is -2.08. The highest BCUT2D eigenvalue weighted by molar-refractivity contribution is 5.94. The Bertz CT molecular complexity index is 394. The number of carbonyl (C=O) groups is 1. The zero-order valence-electron chi connectivity index (χ0n) is 8.25. The molecule has 0 amide bonds. The number of aromatic nitrogens is 1. The molecule has 2 N–H and O–H groups in total. The predicted molar refractivity (Wildman–Crippen MR) is 49.7 cm³/mol. The maximum atomic E-state index is 12.5. The summed E-state index contributed by atoms with van der Waals surface area (Å²) in [5.74, 6) is -0.884. The van der Waals surface area contributed by atoms with Crippen LogP contribution in [0.15, 0.2) is 6.07 Å². The highest BCUT2D eigenvalue weighted by Gasteiger charge is 2.18. The normalized spacial score (nSPS) is 10.5. The number of methoxy groups -OCH3 is 1. The Morgan fingerprint density at radius 2 is 2.20 bits per heavy atom. The third-order valence-corrected chi connectivity index (χ3v) is 1.92. The average Bonchev–Trinajstić information content (AvgIpc) is 2.16. The molecule has 0 radical (unpaired) electrons. The molecule has 4 nitrogen and oxygen atoms in total. The van der Waals surface area contributed by atoms with Gasteiger partial charge in [-0.15, -0.1) is 0 Å². The number of carbonyl (C=O) groups excluding carboxylic acids is 1. The van der Waals surface area contributed by atoms with Gasteiger partial charge in [-0.05, 0) is 13.0 Å². The van der Waals surface area contributed by atoms with Gasteiger partial charge in [-0.2, -0.15) is 0 Å². The second kappa shape index (κ2) is 4.20. The molecule has 0 aromatic carbocycles. The molecule has 0 unspecified atom stereocenters. The molecule has 0 aliphatic rings. The fourth-order valence-corrected chi connectivity index (χ4v) is 1.13. The van der Waals surface area contributed by atoms with E-state index in [1.54, 1.807) is 0 Å². The van der Waals surface area contributed by atoms with E-state index in [1.807, 2.05) is 0 Å². The Morgan fingerprint density at radius 3 is 2.67 bits per heavy atom. The first-order valence-corrected chi connectivity index (χ1v) is 4.10. The van der Waals surface area contributed by atoms with E-state index in [1.165, 1.54) is 6.92 Å². The second-order valence-electron chi connectivity index (χ2n) is 2.89. The minimum atomic E-state index is -2.69. The SMILES string of the molecule is COC(=O)c1cc(C(F)F)c(C)nc1N. The van der Waals surface area contributed by atoms with Crippen LogP contribution in [0.2, 0.25) is 0 Å². The van der Waals surface area contributed by atoms with E-state index >= 15 is 0 Å². The van der Waals surface area contributed by atoms with Crippen LogP contribution in [0.1, 0.15) is 28.0 Å². The summed E-state index contributed by atoms with van der Waals surface area (Å²) in [6, 6.07) is 1.01. The van der Waals surface area contributed by atoms with Crippen LogP contribution in [0, 0.1) is 6.92 Å². The lowest BCUT2D eigenvalue weighted by Crippen LogP contribution is -2.10. The lowest BCUT2D eigenvalue weighted by atomic mass is 10.1. The van der Waals surface area contributed by atoms with E-state index in [4.69, 9.17) is 5.73 Å². The number of aryl methyl sites for hydroxylation is 1. The molecule has 15 heavy (non-hydrogen) atoms. The molecule has 0 aliphatic carbocycles. The molecule has 1 aromatic heterocycles. The van der Waals surface area contributed by atoms with E-state index in [0.717, 1.165) is 13.2 Å². The minimum Gasteiger partial charge on any atom is -0.465 e. The van der Waals surface area contributed by atoms with Gasteiger partial charge in [0.15, 0.2) is 0 Å². The molecule has 0 aliphatic heterocycles. The number of hydrogen-bond donors (Lipinski definition) is 1. The van der Waals surface area contributed by atoms with E-state index in [-0.39, 0.29) is 22.6 Å². The quantitative estimate of drug-likeness (QED) is 0.764. The van der Waals surface area contributed by atoms with Crippen LogP contribution in [0.25, 0.3) is 0 Å². The molecule has 1 aromatic rings. The van der Waals surface area contributed by atoms with Crippen molar-refractivity contribution in [3.05, 3.63) is 22.9 Å². The van der Waals surface area contributed by atoms with Gasteiger partial charge >= 0.3 is 5.97 Å². The maximum absolute atomic E-state index is 12.5. The molecule has 0 spiro atoms. The summed E-state index contributed by atoms with van der Waals surface area (Å²) in [5, 5.41) is 0. The van der Waals surface area contributed by atoms with Crippen LogP contribution >= 0.6 is 0 Å². The van der Waals surface area contributed by atoms with Crippen molar-refractivity contribution in [2.45, 2.75) is 13.3 Å². The molecule has 0 saturated carbocycles. The Kier molecular flexibility index (Phi) is 3.18. The molecular weight excluding hydrogens is 206 g/mol. The number of nitrogens with zero attached hydrogens (tertiary/aromatic N) is 1. The standard InChI is InChI=1S/C9H10F2N2O2/c1-4-5(7(10)11)3-6(8(12)13-4)9(14)15-2/h3,7H,1-2H3,(H2,12,13). The predicted octanol–water partition coefficient (Wildman–Crippen LogP) is 1.70. The Balaban J connectivity index is 3.29. The van der Waals surface area contributed by atoms with Gasteiger partial charge in [-0.3, -0.25) is 0 Å². The molecular formula is C9H10F2N2O2. The Hall–Kier alpha value is -1.72. The van der Waals surface area contributed by atoms with E-state index in [9.17, 15) is 13.6 Å². The third-order valence-electron chi connectivity index (χ3n) is 1.92. The number of nitrogen functional groups attached to an aromatic ring is 1. The number of anilines is 1. The average molecular weight is 216 g/mol. The summed E-state index contributed by atoms with van der Waals surface area (Å²) in [7, 11) is 1.14. The number of hydrogen-bond acceptors (Lipinski definition) is 4. The van der Waals surface area contributed by atoms with Gasteiger partial charge in [0.2, 0.25) is 0 Å². The van der Waals surface area contributed by atoms with Crippen molar-refractivity contribution in [3.63, 3.8) is 0 Å². The van der Waals surface area contributed by atoms with Gasteiger partial charge < -0.3 is 10.5 Å². The van der Waals surface area contributed by atoms with Crippen molar-refractivity contribution in [2.75, 3.05) is 12.8 Å². The second-order valence-corrected chi connectivity index (χ2v) is 2.89. The van der Waals surface area contributed by atoms with Crippen molar-refractivity contribution in [2.24, 2.45) is 0 Å². The van der Waals surface area contributed by atoms with Gasteiger partial charge in [0, 0.05) is 11.3 Å². The number of halogens is 2. The monoisotopic (exact) mass is 216 g/mol. The summed E-state index contributed by atoms with van der Waals surface area (Å²) in [6.45, 7) is 1.40. The van der Waals surface area contributed by atoms with Crippen molar-refractivity contribution in [1.82, 2.24) is 4.98 Å². The fourth-order valence-electron chi connectivity index (χ4n) is 1.13. The molecule has 1 rings (SSSR count). The smallest absolute Gasteiger partial charge is 0.341 e. The van der Waals surface area contributed by atoms with Crippen molar-refractivity contribution >= 4 is 11.8 Å². The summed E-state index contributed by atoms with van der Waals surface area (Å²) in [4.78, 5) is 14.8. The molecule has 1 heterocycles. The Labute approximate surface area is 85.1 Å². The number of pyridine rings is 1. The van der Waals surface area contributed by atoms with Gasteiger partial charge in [-0.25, -0.2) is 18.6 Å². The van der Waals surface area contributed by atoms with Gasteiger partial charge in [0.1, 0.15) is 11.4 Å². The molecule has 82 valence electrons. The zero-order chi connectivity index (χ0) is 11.6. The Morgan fingerprint density at radius 1 is 1.60 bits per heavy atom. The van der Waals surface area contributed by atoms with Crippen LogP contribution in [0.4, 0.5) is 14.6 Å². The van der Waals surface area contributed by atoms with Crippen LogP contribution < -0.4 is 5.73 Å². The largest absolute Gasteiger partial charge is 0.465 e. The van der Waals surface area contributed by atoms with Crippen LogP contribution in [0.5, 0.6) is 0 Å². The van der Waals surface area contributed by atoms with E-state index < -0.39 is 12.4 Å². The molecule has 0 atom stereocenters. The van der Waals surface area contributed by atoms with Crippen molar-refractivity contribution in [1.29, 1.82) is 0 Å². The first kappa shape index (κ1) is 11.4. The minimum absolute atomic E-state index is 0.107. The summed E-state index contributed by atoms with van der Waals surface area (Å²) in [6.07, 6.45) is -2.69. The number of ether oxygens (including phenoxy) is 1. The fraction of sp³-hybridized carbons (Fsp3) is 0.333. The number of nitrogens with two attached hydrogens (primary N) is 1. The highest BCUT2D eigenvalue weighted by Crippen LogP contribution is 2.24. The number of alkyl halides is 2. The van der Waals surface area contributed by atoms with Crippen molar-refractivity contribution < 1.29 is 18.3 Å². The first-order chi connectivity index (χ1) is 6.97. The van der Waals surface area contributed by atoms with Crippen LogP contribution in [0.3, 0.4) is 0 Å². The summed E-state index contributed by atoms with van der Waals surface area (Å²) in [5.41, 5.74) is 5.06. The number of esters is 1. The number of rotatable bonds is 2. The van der Waals surface area contributed by atoms with Crippen LogP contribution in [-0.2, 0) is 4.74 Å². The van der Waals surface area contributed by atoms with E-state index in [0.29, 0.717) is 0 Å². The lowest BCUT2D eigenvalue weighted by molar-refractivity contribution is 0.0601. The highest BCUT2D eigenvalue weighted by atomic mass is 19.3. The molecule has 0 saturated heterocycles. The maximum Gasteiger partial charge on any atom is 0.341 e. The van der Waals surface area contributed by atoms with Crippen LogP contribution in [-0.4, -0.2) is 18.1 Å². The van der Waals surface area contributed by atoms with Crippen molar-refractivity contribution in [3.8, 4) is 0 Å². The topological polar surface area (TPSA) is 65.2 Å². The van der Waals surface area contributed by atoms with Gasteiger partial charge in [-0.1, -0.05) is 0 Å². The van der Waals surface area contributed by atoms with Gasteiger partial charge in [0.25, 0.3) is 6.43 Å². The zero-order valence-corrected chi connectivity index (χ0v) is 8.25. The molecule has 6 heteroatoms. The van der Waals surface area contributed by atoms with E-state index in [2.05, 4.69) is 9.72 Å². The first-order valence-electron chi connectivity index (χ1n) is 4.10.